The van der Waals surface area contributed by atoms with Gasteiger partial charge in [0, 0.05) is 12.4 Å². The van der Waals surface area contributed by atoms with Crippen LogP contribution in [-0.2, 0) is 0 Å². The summed E-state index contributed by atoms with van der Waals surface area (Å²) in [4.78, 5) is 8.47. The molecule has 0 aliphatic heterocycles. The molecule has 0 bridgehead atoms. The molecule has 1 aromatic rings. The Morgan fingerprint density at radius 3 is 2.28 bits per heavy atom. The lowest BCUT2D eigenvalue weighted by atomic mass is 10.0. The predicted octanol–water partition coefficient (Wildman–Crippen LogP) is 3.12. The number of nitrogens with zero attached hydrogens (tertiary/aromatic N) is 2. The standard InChI is InChI=1S/C14H26N4/c1-2-3-4-5-6-7-8-10-13(18-15)14-16-11-9-12-17-14/h9,11-13,18H,2-8,10,15H2,1H3. The molecule has 0 aromatic carbocycles. The molecule has 102 valence electrons. The Bertz CT molecular complexity index is 289. The van der Waals surface area contributed by atoms with Gasteiger partial charge in [0.25, 0.3) is 0 Å². The highest BCUT2D eigenvalue weighted by Crippen LogP contribution is 2.16. The highest BCUT2D eigenvalue weighted by molar-refractivity contribution is 4.94. The van der Waals surface area contributed by atoms with Crippen molar-refractivity contribution in [1.29, 1.82) is 0 Å². The van der Waals surface area contributed by atoms with Gasteiger partial charge in [-0.05, 0) is 12.5 Å². The van der Waals surface area contributed by atoms with Gasteiger partial charge in [-0.3, -0.25) is 5.84 Å². The minimum absolute atomic E-state index is 0.0850. The van der Waals surface area contributed by atoms with Crippen LogP contribution in [0.2, 0.25) is 0 Å². The van der Waals surface area contributed by atoms with Gasteiger partial charge in [0.1, 0.15) is 5.82 Å². The predicted molar refractivity (Wildman–Crippen MR) is 74.7 cm³/mol. The van der Waals surface area contributed by atoms with Gasteiger partial charge >= 0.3 is 0 Å². The maximum absolute atomic E-state index is 5.56. The van der Waals surface area contributed by atoms with Crippen LogP contribution < -0.4 is 11.3 Å². The number of rotatable bonds is 10. The fourth-order valence-electron chi connectivity index (χ4n) is 2.08. The molecule has 0 saturated carbocycles. The third-order valence-corrected chi connectivity index (χ3v) is 3.19. The minimum atomic E-state index is 0.0850. The van der Waals surface area contributed by atoms with Crippen molar-refractivity contribution in [1.82, 2.24) is 15.4 Å². The van der Waals surface area contributed by atoms with E-state index in [1.165, 1.54) is 44.9 Å². The van der Waals surface area contributed by atoms with E-state index in [2.05, 4.69) is 22.3 Å². The first kappa shape index (κ1) is 15.1. The molecule has 4 nitrogen and oxygen atoms in total. The van der Waals surface area contributed by atoms with Crippen LogP contribution in [0.15, 0.2) is 18.5 Å². The van der Waals surface area contributed by atoms with Crippen molar-refractivity contribution in [2.75, 3.05) is 0 Å². The molecule has 0 aliphatic rings. The van der Waals surface area contributed by atoms with Crippen molar-refractivity contribution < 1.29 is 0 Å². The molecule has 0 spiro atoms. The summed E-state index contributed by atoms with van der Waals surface area (Å²) in [7, 11) is 0. The van der Waals surface area contributed by atoms with Crippen molar-refractivity contribution in [3.8, 4) is 0 Å². The summed E-state index contributed by atoms with van der Waals surface area (Å²) in [6.07, 6.45) is 13.7. The van der Waals surface area contributed by atoms with Crippen LogP contribution in [0.1, 0.15) is 70.2 Å². The summed E-state index contributed by atoms with van der Waals surface area (Å²) in [6.45, 7) is 2.25. The van der Waals surface area contributed by atoms with Gasteiger partial charge in [-0.25, -0.2) is 15.4 Å². The molecule has 1 atom stereocenters. The van der Waals surface area contributed by atoms with Crippen molar-refractivity contribution in [2.45, 2.75) is 64.3 Å². The van der Waals surface area contributed by atoms with E-state index in [0.29, 0.717) is 0 Å². The fraction of sp³-hybridized carbons (Fsp3) is 0.714. The van der Waals surface area contributed by atoms with Crippen molar-refractivity contribution in [2.24, 2.45) is 5.84 Å². The zero-order valence-corrected chi connectivity index (χ0v) is 11.4. The number of hydrogen-bond donors (Lipinski definition) is 2. The normalized spacial score (nSPS) is 12.6. The molecule has 18 heavy (non-hydrogen) atoms. The fourth-order valence-corrected chi connectivity index (χ4v) is 2.08. The first-order valence-electron chi connectivity index (χ1n) is 7.11. The summed E-state index contributed by atoms with van der Waals surface area (Å²) >= 11 is 0. The average molecular weight is 250 g/mol. The van der Waals surface area contributed by atoms with Gasteiger partial charge in [0.2, 0.25) is 0 Å². The quantitative estimate of drug-likeness (QED) is 0.380. The second-order valence-corrected chi connectivity index (χ2v) is 4.74. The van der Waals surface area contributed by atoms with E-state index < -0.39 is 0 Å². The van der Waals surface area contributed by atoms with Crippen molar-refractivity contribution >= 4 is 0 Å². The Balaban J connectivity index is 2.13. The molecule has 1 aromatic heterocycles. The third-order valence-electron chi connectivity index (χ3n) is 3.19. The minimum Gasteiger partial charge on any atom is -0.271 e. The van der Waals surface area contributed by atoms with Crippen LogP contribution >= 0.6 is 0 Å². The SMILES string of the molecule is CCCCCCCCCC(NN)c1ncccn1. The van der Waals surface area contributed by atoms with E-state index in [1.54, 1.807) is 12.4 Å². The molecule has 0 aliphatic carbocycles. The molecule has 4 heteroatoms. The lowest BCUT2D eigenvalue weighted by Crippen LogP contribution is -2.29. The van der Waals surface area contributed by atoms with Gasteiger partial charge in [0.05, 0.1) is 6.04 Å². The largest absolute Gasteiger partial charge is 0.271 e. The number of aromatic nitrogens is 2. The molecular weight excluding hydrogens is 224 g/mol. The summed E-state index contributed by atoms with van der Waals surface area (Å²) in [5, 5.41) is 0. The van der Waals surface area contributed by atoms with Crippen LogP contribution in [0.4, 0.5) is 0 Å². The maximum Gasteiger partial charge on any atom is 0.146 e. The number of hydrogen-bond acceptors (Lipinski definition) is 4. The van der Waals surface area contributed by atoms with Crippen LogP contribution in [0.25, 0.3) is 0 Å². The van der Waals surface area contributed by atoms with Gasteiger partial charge in [-0.2, -0.15) is 0 Å². The lowest BCUT2D eigenvalue weighted by Gasteiger charge is -2.13. The third kappa shape index (κ3) is 6.07. The van der Waals surface area contributed by atoms with Gasteiger partial charge < -0.3 is 0 Å². The molecule has 1 unspecified atom stereocenters. The zero-order valence-electron chi connectivity index (χ0n) is 11.4. The van der Waals surface area contributed by atoms with E-state index in [9.17, 15) is 0 Å². The molecule has 1 heterocycles. The molecule has 0 fully saturated rings. The molecule has 1 rings (SSSR count). The van der Waals surface area contributed by atoms with Crippen molar-refractivity contribution in [3.63, 3.8) is 0 Å². The Kier molecular flexibility index (Phi) is 8.34. The highest BCUT2D eigenvalue weighted by atomic mass is 15.2. The van der Waals surface area contributed by atoms with E-state index >= 15 is 0 Å². The van der Waals surface area contributed by atoms with Crippen LogP contribution in [0, 0.1) is 0 Å². The number of nitrogens with two attached hydrogens (primary N) is 1. The summed E-state index contributed by atoms with van der Waals surface area (Å²) in [5.74, 6) is 6.35. The summed E-state index contributed by atoms with van der Waals surface area (Å²) in [6, 6.07) is 1.91. The Morgan fingerprint density at radius 2 is 1.67 bits per heavy atom. The summed E-state index contributed by atoms with van der Waals surface area (Å²) < 4.78 is 0. The number of hydrazine groups is 1. The van der Waals surface area contributed by atoms with Gasteiger partial charge in [0.15, 0.2) is 0 Å². The number of unbranched alkanes of at least 4 members (excludes halogenated alkanes) is 6. The van der Waals surface area contributed by atoms with Crippen molar-refractivity contribution in [3.05, 3.63) is 24.3 Å². The van der Waals surface area contributed by atoms with E-state index in [0.717, 1.165) is 12.2 Å². The Hall–Kier alpha value is -1.00. The van der Waals surface area contributed by atoms with Crippen LogP contribution in [-0.4, -0.2) is 9.97 Å². The number of nitrogens with one attached hydrogen (secondary N) is 1. The van der Waals surface area contributed by atoms with E-state index in [4.69, 9.17) is 5.84 Å². The Labute approximate surface area is 110 Å². The summed E-state index contributed by atoms with van der Waals surface area (Å²) in [5.41, 5.74) is 2.80. The smallest absolute Gasteiger partial charge is 0.146 e. The Morgan fingerprint density at radius 1 is 1.06 bits per heavy atom. The second kappa shape index (κ2) is 9.97. The zero-order chi connectivity index (χ0) is 13.1. The average Bonchev–Trinajstić information content (AvgIpc) is 2.43. The van der Waals surface area contributed by atoms with E-state index in [-0.39, 0.29) is 6.04 Å². The van der Waals surface area contributed by atoms with Gasteiger partial charge in [-0.1, -0.05) is 51.9 Å². The molecule has 0 saturated heterocycles. The molecule has 3 N–H and O–H groups in total. The van der Waals surface area contributed by atoms with Crippen LogP contribution in [0.3, 0.4) is 0 Å². The second-order valence-electron chi connectivity index (χ2n) is 4.74. The monoisotopic (exact) mass is 250 g/mol. The van der Waals surface area contributed by atoms with Gasteiger partial charge in [-0.15, -0.1) is 0 Å². The maximum atomic E-state index is 5.56. The first-order chi connectivity index (χ1) is 8.88. The first-order valence-corrected chi connectivity index (χ1v) is 7.11. The molecule has 0 radical (unpaired) electrons. The molecule has 0 amide bonds. The van der Waals surface area contributed by atoms with E-state index in [1.807, 2.05) is 6.07 Å². The van der Waals surface area contributed by atoms with Crippen LogP contribution in [0.5, 0.6) is 0 Å². The highest BCUT2D eigenvalue weighted by Gasteiger charge is 2.11. The lowest BCUT2D eigenvalue weighted by molar-refractivity contribution is 0.457. The molecular formula is C14H26N4. The topological polar surface area (TPSA) is 63.8 Å².